The number of amides is 1. The van der Waals surface area contributed by atoms with Crippen LogP contribution >= 0.6 is 0 Å². The molecule has 0 aromatic heterocycles. The molecule has 126 valence electrons. The second kappa shape index (κ2) is 7.92. The molecule has 0 spiro atoms. The second-order valence-electron chi connectivity index (χ2n) is 5.76. The third-order valence-electron chi connectivity index (χ3n) is 4.22. The van der Waals surface area contributed by atoms with Crippen LogP contribution in [0.5, 0.6) is 0 Å². The summed E-state index contributed by atoms with van der Waals surface area (Å²) in [6, 6.07) is 6.50. The number of non-ortho nitro benzene ring substituents is 1. The molecule has 1 N–H and O–H groups in total. The molecule has 1 fully saturated rings. The fraction of sp³-hybridized carbons (Fsp3) is 0.562. The van der Waals surface area contributed by atoms with Crippen molar-refractivity contribution in [3.8, 4) is 0 Å². The van der Waals surface area contributed by atoms with E-state index < -0.39 is 4.92 Å². The minimum absolute atomic E-state index is 0.0793. The Labute approximate surface area is 136 Å². The Morgan fingerprint density at radius 2 is 1.87 bits per heavy atom. The van der Waals surface area contributed by atoms with Gasteiger partial charge in [-0.25, -0.2) is 0 Å². The third kappa shape index (κ3) is 4.41. The number of carbonyl (C=O) groups is 1. The van der Waals surface area contributed by atoms with Crippen LogP contribution < -0.4 is 10.2 Å². The minimum Gasteiger partial charge on any atom is -0.369 e. The summed E-state index contributed by atoms with van der Waals surface area (Å²) < 4.78 is 0. The summed E-state index contributed by atoms with van der Waals surface area (Å²) in [5.74, 6) is 0.0793. The molecule has 0 radical (unpaired) electrons. The van der Waals surface area contributed by atoms with Crippen molar-refractivity contribution in [3.63, 3.8) is 0 Å². The lowest BCUT2D eigenvalue weighted by molar-refractivity contribution is -0.384. The molecular formula is C16H24N4O3. The van der Waals surface area contributed by atoms with Gasteiger partial charge in [0.15, 0.2) is 0 Å². The average molecular weight is 320 g/mol. The number of hydrogen-bond donors (Lipinski definition) is 1. The van der Waals surface area contributed by atoms with Crippen LogP contribution in [0.3, 0.4) is 0 Å². The van der Waals surface area contributed by atoms with Crippen molar-refractivity contribution in [2.45, 2.75) is 26.3 Å². The molecule has 0 saturated carbocycles. The van der Waals surface area contributed by atoms with Gasteiger partial charge in [0.05, 0.1) is 11.0 Å². The van der Waals surface area contributed by atoms with E-state index in [1.54, 1.807) is 12.1 Å². The highest BCUT2D eigenvalue weighted by molar-refractivity contribution is 5.81. The quantitative estimate of drug-likeness (QED) is 0.637. The van der Waals surface area contributed by atoms with Gasteiger partial charge >= 0.3 is 0 Å². The molecule has 0 unspecified atom stereocenters. The Bertz CT molecular complexity index is 539. The van der Waals surface area contributed by atoms with E-state index in [9.17, 15) is 14.9 Å². The topological polar surface area (TPSA) is 78.7 Å². The average Bonchev–Trinajstić information content (AvgIpc) is 2.59. The van der Waals surface area contributed by atoms with Crippen LogP contribution in [0.15, 0.2) is 24.3 Å². The lowest BCUT2D eigenvalue weighted by Crippen LogP contribution is -2.54. The van der Waals surface area contributed by atoms with Crippen molar-refractivity contribution in [1.29, 1.82) is 0 Å². The minimum atomic E-state index is -0.391. The number of anilines is 1. The largest absolute Gasteiger partial charge is 0.369 e. The second-order valence-corrected chi connectivity index (χ2v) is 5.76. The summed E-state index contributed by atoms with van der Waals surface area (Å²) in [5.41, 5.74) is 1.09. The zero-order chi connectivity index (χ0) is 16.8. The van der Waals surface area contributed by atoms with Gasteiger partial charge in [-0.05, 0) is 25.5 Å². The smallest absolute Gasteiger partial charge is 0.269 e. The maximum Gasteiger partial charge on any atom is 0.269 e. The van der Waals surface area contributed by atoms with Crippen LogP contribution in [-0.4, -0.2) is 54.5 Å². The number of rotatable bonds is 6. The Kier molecular flexibility index (Phi) is 5.92. The zero-order valence-corrected chi connectivity index (χ0v) is 13.7. The molecule has 1 aromatic rings. The predicted octanol–water partition coefficient (Wildman–Crippen LogP) is 1.63. The monoisotopic (exact) mass is 320 g/mol. The van der Waals surface area contributed by atoms with Crippen LogP contribution in [0.25, 0.3) is 0 Å². The van der Waals surface area contributed by atoms with E-state index in [0.717, 1.165) is 38.3 Å². The summed E-state index contributed by atoms with van der Waals surface area (Å²) in [5, 5.41) is 13.6. The van der Waals surface area contributed by atoms with Gasteiger partial charge in [-0.15, -0.1) is 0 Å². The molecule has 1 aromatic carbocycles. The first-order valence-corrected chi connectivity index (χ1v) is 8.04. The summed E-state index contributed by atoms with van der Waals surface area (Å²) in [7, 11) is 0. The fourth-order valence-electron chi connectivity index (χ4n) is 2.71. The van der Waals surface area contributed by atoms with E-state index in [-0.39, 0.29) is 17.6 Å². The van der Waals surface area contributed by atoms with Crippen LogP contribution in [0, 0.1) is 10.1 Å². The molecule has 7 heteroatoms. The number of nitro benzene ring substituents is 1. The molecule has 1 saturated heterocycles. The van der Waals surface area contributed by atoms with Gasteiger partial charge in [0.25, 0.3) is 5.69 Å². The summed E-state index contributed by atoms with van der Waals surface area (Å²) >= 11 is 0. The normalized spacial score (nSPS) is 16.9. The molecule has 0 aliphatic carbocycles. The Hall–Kier alpha value is -2.15. The number of nitro groups is 1. The van der Waals surface area contributed by atoms with E-state index in [1.807, 2.05) is 13.8 Å². The maximum absolute atomic E-state index is 12.0. The highest BCUT2D eigenvalue weighted by Crippen LogP contribution is 2.21. The van der Waals surface area contributed by atoms with Gasteiger partial charge in [-0.2, -0.15) is 0 Å². The van der Waals surface area contributed by atoms with Crippen molar-refractivity contribution in [1.82, 2.24) is 10.2 Å². The molecule has 23 heavy (non-hydrogen) atoms. The summed E-state index contributed by atoms with van der Waals surface area (Å²) in [6.45, 7) is 7.91. The third-order valence-corrected chi connectivity index (χ3v) is 4.22. The van der Waals surface area contributed by atoms with Gasteiger partial charge < -0.3 is 10.2 Å². The standard InChI is InChI=1S/C16H24N4O3/c1-3-8-17-16(21)13(2)18-9-11-19(12-10-18)14-4-6-15(7-5-14)20(22)23/h4-7,13H,3,8-12H2,1-2H3,(H,17,21)/t13-/m1/s1. The first-order chi connectivity index (χ1) is 11.0. The molecular weight excluding hydrogens is 296 g/mol. The Morgan fingerprint density at radius 3 is 2.39 bits per heavy atom. The summed E-state index contributed by atoms with van der Waals surface area (Å²) in [6.07, 6.45) is 0.937. The predicted molar refractivity (Wildman–Crippen MR) is 89.6 cm³/mol. The molecule has 1 atom stereocenters. The first-order valence-electron chi connectivity index (χ1n) is 8.04. The van der Waals surface area contributed by atoms with Gasteiger partial charge in [0.1, 0.15) is 0 Å². The van der Waals surface area contributed by atoms with Crippen molar-refractivity contribution >= 4 is 17.3 Å². The van der Waals surface area contributed by atoms with Crippen molar-refractivity contribution < 1.29 is 9.72 Å². The van der Waals surface area contributed by atoms with E-state index >= 15 is 0 Å². The van der Waals surface area contributed by atoms with Crippen LogP contribution in [0.2, 0.25) is 0 Å². The van der Waals surface area contributed by atoms with Crippen molar-refractivity contribution in [2.24, 2.45) is 0 Å². The highest BCUT2D eigenvalue weighted by atomic mass is 16.6. The molecule has 7 nitrogen and oxygen atoms in total. The molecule has 0 bridgehead atoms. The van der Waals surface area contributed by atoms with Crippen LogP contribution in [-0.2, 0) is 4.79 Å². The van der Waals surface area contributed by atoms with Crippen LogP contribution in [0.1, 0.15) is 20.3 Å². The van der Waals surface area contributed by atoms with Crippen molar-refractivity contribution in [2.75, 3.05) is 37.6 Å². The lowest BCUT2D eigenvalue weighted by Gasteiger charge is -2.38. The SMILES string of the molecule is CCCNC(=O)[C@@H](C)N1CCN(c2ccc([N+](=O)[O-])cc2)CC1. The number of benzene rings is 1. The number of nitrogens with zero attached hydrogens (tertiary/aromatic N) is 3. The van der Waals surface area contributed by atoms with E-state index in [1.165, 1.54) is 12.1 Å². The number of hydrogen-bond acceptors (Lipinski definition) is 5. The Morgan fingerprint density at radius 1 is 1.26 bits per heavy atom. The molecule has 1 heterocycles. The summed E-state index contributed by atoms with van der Waals surface area (Å²) in [4.78, 5) is 26.7. The highest BCUT2D eigenvalue weighted by Gasteiger charge is 2.25. The van der Waals surface area contributed by atoms with Gasteiger partial charge in [-0.1, -0.05) is 6.92 Å². The zero-order valence-electron chi connectivity index (χ0n) is 13.7. The van der Waals surface area contributed by atoms with E-state index in [4.69, 9.17) is 0 Å². The number of piperazine rings is 1. The fourth-order valence-corrected chi connectivity index (χ4v) is 2.71. The van der Waals surface area contributed by atoms with E-state index in [0.29, 0.717) is 6.54 Å². The van der Waals surface area contributed by atoms with Gasteiger partial charge in [0, 0.05) is 50.5 Å². The van der Waals surface area contributed by atoms with Crippen LogP contribution in [0.4, 0.5) is 11.4 Å². The molecule has 1 aliphatic heterocycles. The first kappa shape index (κ1) is 17.2. The maximum atomic E-state index is 12.0. The van der Waals surface area contributed by atoms with E-state index in [2.05, 4.69) is 15.1 Å². The number of nitrogens with one attached hydrogen (secondary N) is 1. The van der Waals surface area contributed by atoms with Gasteiger partial charge in [-0.3, -0.25) is 19.8 Å². The Balaban J connectivity index is 1.88. The molecule has 2 rings (SSSR count). The van der Waals surface area contributed by atoms with Gasteiger partial charge in [0.2, 0.25) is 5.91 Å². The molecule has 1 amide bonds. The lowest BCUT2D eigenvalue weighted by atomic mass is 10.2. The molecule has 1 aliphatic rings. The van der Waals surface area contributed by atoms with Crippen molar-refractivity contribution in [3.05, 3.63) is 34.4 Å². The number of carbonyl (C=O) groups excluding carboxylic acids is 1.